The monoisotopic (exact) mass is 169 g/mol. The second kappa shape index (κ2) is 2.92. The minimum absolute atomic E-state index is 0.0540. The van der Waals surface area contributed by atoms with Crippen molar-refractivity contribution in [2.45, 2.75) is 20.3 Å². The maximum atomic E-state index is 11.2. The van der Waals surface area contributed by atoms with E-state index >= 15 is 0 Å². The molecule has 0 aliphatic carbocycles. The lowest BCUT2D eigenvalue weighted by atomic mass is 10.2. The zero-order valence-corrected chi connectivity index (χ0v) is 7.07. The summed E-state index contributed by atoms with van der Waals surface area (Å²) in [5, 5.41) is 4.47. The van der Waals surface area contributed by atoms with E-state index in [0.717, 1.165) is 5.01 Å². The molecular formula is C7H11N3O2. The molecule has 12 heavy (non-hydrogen) atoms. The van der Waals surface area contributed by atoms with E-state index in [0.29, 0.717) is 0 Å². The summed E-state index contributed by atoms with van der Waals surface area (Å²) in [6.07, 6.45) is 0.0540. The van der Waals surface area contributed by atoms with Gasteiger partial charge in [0.25, 0.3) is 11.8 Å². The number of nitrogens with zero attached hydrogens (tertiary/aromatic N) is 2. The van der Waals surface area contributed by atoms with Crippen LogP contribution in [0.3, 0.4) is 0 Å². The first-order valence-electron chi connectivity index (χ1n) is 3.72. The standard InChI is InChI=1S/C7H11N3O2/c1-4(2)7(12)10-6(11)3-5(8)9-10/h4H,3H2,1-2H3,(H2,8,9). The molecule has 0 saturated heterocycles. The van der Waals surface area contributed by atoms with Gasteiger partial charge in [-0.05, 0) is 0 Å². The molecular weight excluding hydrogens is 158 g/mol. The summed E-state index contributed by atoms with van der Waals surface area (Å²) in [5.74, 6) is -0.677. The summed E-state index contributed by atoms with van der Waals surface area (Å²) in [4.78, 5) is 22.3. The Hall–Kier alpha value is -1.39. The van der Waals surface area contributed by atoms with E-state index in [1.807, 2.05) is 0 Å². The first kappa shape index (κ1) is 8.70. The number of nitrogens with two attached hydrogens (primary N) is 1. The first-order chi connectivity index (χ1) is 5.52. The van der Waals surface area contributed by atoms with Crippen LogP contribution >= 0.6 is 0 Å². The third-order valence-electron chi connectivity index (χ3n) is 1.50. The van der Waals surface area contributed by atoms with E-state index < -0.39 is 0 Å². The molecule has 0 aromatic carbocycles. The van der Waals surface area contributed by atoms with Crippen molar-refractivity contribution in [2.75, 3.05) is 0 Å². The van der Waals surface area contributed by atoms with Crippen molar-refractivity contribution in [1.82, 2.24) is 5.01 Å². The van der Waals surface area contributed by atoms with Gasteiger partial charge in [-0.2, -0.15) is 5.01 Å². The Balaban J connectivity index is 2.76. The Morgan fingerprint density at radius 1 is 1.67 bits per heavy atom. The SMILES string of the molecule is CC(C)C(=O)N1N=C(N)CC1=O. The molecule has 0 radical (unpaired) electrons. The van der Waals surface area contributed by atoms with Gasteiger partial charge in [0.1, 0.15) is 5.84 Å². The van der Waals surface area contributed by atoms with Crippen molar-refractivity contribution >= 4 is 17.6 Å². The van der Waals surface area contributed by atoms with Crippen molar-refractivity contribution in [3.63, 3.8) is 0 Å². The number of carbonyl (C=O) groups is 2. The highest BCUT2D eigenvalue weighted by molar-refractivity contribution is 6.09. The number of amides is 2. The molecule has 0 fully saturated rings. The Bertz CT molecular complexity index is 257. The number of hydrogen-bond donors (Lipinski definition) is 1. The Kier molecular flexibility index (Phi) is 2.12. The smallest absolute Gasteiger partial charge is 0.257 e. The molecule has 2 amide bonds. The normalized spacial score (nSPS) is 17.1. The molecule has 0 saturated carbocycles. The van der Waals surface area contributed by atoms with Crippen molar-refractivity contribution in [3.05, 3.63) is 0 Å². The fourth-order valence-corrected chi connectivity index (χ4v) is 0.866. The lowest BCUT2D eigenvalue weighted by molar-refractivity contribution is -0.145. The Morgan fingerprint density at radius 2 is 2.25 bits per heavy atom. The molecule has 2 N–H and O–H groups in total. The maximum Gasteiger partial charge on any atom is 0.257 e. The number of carbonyl (C=O) groups excluding carboxylic acids is 2. The molecule has 1 heterocycles. The average Bonchev–Trinajstić information content (AvgIpc) is 2.28. The molecule has 0 spiro atoms. The average molecular weight is 169 g/mol. The first-order valence-corrected chi connectivity index (χ1v) is 3.72. The topological polar surface area (TPSA) is 75.8 Å². The van der Waals surface area contributed by atoms with Crippen LogP contribution in [0.4, 0.5) is 0 Å². The van der Waals surface area contributed by atoms with E-state index in [9.17, 15) is 9.59 Å². The predicted molar refractivity (Wildman–Crippen MR) is 42.9 cm³/mol. The number of hydrazone groups is 1. The molecule has 5 nitrogen and oxygen atoms in total. The molecule has 5 heteroatoms. The molecule has 0 bridgehead atoms. The number of amidine groups is 1. The van der Waals surface area contributed by atoms with E-state index in [4.69, 9.17) is 5.73 Å². The maximum absolute atomic E-state index is 11.2. The second-order valence-corrected chi connectivity index (χ2v) is 2.97. The highest BCUT2D eigenvalue weighted by Crippen LogP contribution is 2.09. The number of hydrogen-bond acceptors (Lipinski definition) is 4. The van der Waals surface area contributed by atoms with Gasteiger partial charge in [-0.1, -0.05) is 13.8 Å². The van der Waals surface area contributed by atoms with Crippen LogP contribution in [-0.4, -0.2) is 22.7 Å². The van der Waals surface area contributed by atoms with Gasteiger partial charge in [0.2, 0.25) is 0 Å². The van der Waals surface area contributed by atoms with Gasteiger partial charge in [0.05, 0.1) is 6.42 Å². The minimum atomic E-state index is -0.341. The molecule has 0 atom stereocenters. The van der Waals surface area contributed by atoms with Crippen molar-refractivity contribution < 1.29 is 9.59 Å². The fourth-order valence-electron chi connectivity index (χ4n) is 0.866. The Labute approximate surface area is 70.2 Å². The predicted octanol–water partition coefficient (Wildman–Crippen LogP) is -0.327. The van der Waals surface area contributed by atoms with Gasteiger partial charge < -0.3 is 5.73 Å². The van der Waals surface area contributed by atoms with Crippen LogP contribution in [0.1, 0.15) is 20.3 Å². The number of imide groups is 1. The summed E-state index contributed by atoms with van der Waals surface area (Å²) in [7, 11) is 0. The van der Waals surface area contributed by atoms with Crippen LogP contribution in [0.15, 0.2) is 5.10 Å². The molecule has 0 aromatic rings. The van der Waals surface area contributed by atoms with E-state index in [1.165, 1.54) is 0 Å². The minimum Gasteiger partial charge on any atom is -0.385 e. The van der Waals surface area contributed by atoms with Gasteiger partial charge in [-0.15, -0.1) is 5.10 Å². The van der Waals surface area contributed by atoms with Crippen molar-refractivity contribution in [3.8, 4) is 0 Å². The summed E-state index contributed by atoms with van der Waals surface area (Å²) in [5.41, 5.74) is 5.29. The van der Waals surface area contributed by atoms with Crippen molar-refractivity contribution in [2.24, 2.45) is 16.8 Å². The third kappa shape index (κ3) is 1.44. The number of rotatable bonds is 1. The molecule has 0 aromatic heterocycles. The van der Waals surface area contributed by atoms with Crippen LogP contribution < -0.4 is 5.73 Å². The molecule has 1 rings (SSSR count). The van der Waals surface area contributed by atoms with Crippen LogP contribution in [0.2, 0.25) is 0 Å². The fraction of sp³-hybridized carbons (Fsp3) is 0.571. The van der Waals surface area contributed by atoms with E-state index in [2.05, 4.69) is 5.10 Å². The highest BCUT2D eigenvalue weighted by atomic mass is 16.2. The van der Waals surface area contributed by atoms with Crippen LogP contribution in [0.25, 0.3) is 0 Å². The summed E-state index contributed by atoms with van der Waals surface area (Å²) >= 11 is 0. The van der Waals surface area contributed by atoms with E-state index in [1.54, 1.807) is 13.8 Å². The van der Waals surface area contributed by atoms with E-state index in [-0.39, 0.29) is 30.0 Å². The third-order valence-corrected chi connectivity index (χ3v) is 1.50. The zero-order valence-electron chi connectivity index (χ0n) is 7.07. The van der Waals surface area contributed by atoms with Crippen LogP contribution in [0, 0.1) is 5.92 Å². The van der Waals surface area contributed by atoms with Crippen LogP contribution in [-0.2, 0) is 9.59 Å². The summed E-state index contributed by atoms with van der Waals surface area (Å²) in [6, 6.07) is 0. The highest BCUT2D eigenvalue weighted by Gasteiger charge is 2.29. The quantitative estimate of drug-likeness (QED) is 0.584. The van der Waals surface area contributed by atoms with Gasteiger partial charge >= 0.3 is 0 Å². The summed E-state index contributed by atoms with van der Waals surface area (Å²) in [6.45, 7) is 3.42. The van der Waals surface area contributed by atoms with Gasteiger partial charge in [0.15, 0.2) is 0 Å². The Morgan fingerprint density at radius 3 is 2.58 bits per heavy atom. The lowest BCUT2D eigenvalue weighted by Gasteiger charge is -2.11. The van der Waals surface area contributed by atoms with Gasteiger partial charge in [0, 0.05) is 5.92 Å². The molecule has 0 unspecified atom stereocenters. The van der Waals surface area contributed by atoms with Gasteiger partial charge in [-0.3, -0.25) is 9.59 Å². The lowest BCUT2D eigenvalue weighted by Crippen LogP contribution is -2.31. The zero-order chi connectivity index (χ0) is 9.30. The molecule has 1 aliphatic rings. The summed E-state index contributed by atoms with van der Waals surface area (Å²) < 4.78 is 0. The molecule has 66 valence electrons. The van der Waals surface area contributed by atoms with Crippen LogP contribution in [0.5, 0.6) is 0 Å². The largest absolute Gasteiger partial charge is 0.385 e. The van der Waals surface area contributed by atoms with Gasteiger partial charge in [-0.25, -0.2) is 0 Å². The van der Waals surface area contributed by atoms with Crippen molar-refractivity contribution in [1.29, 1.82) is 0 Å². The second-order valence-electron chi connectivity index (χ2n) is 2.97. The molecule has 1 aliphatic heterocycles.